The Morgan fingerprint density at radius 2 is 2.00 bits per heavy atom. The predicted molar refractivity (Wildman–Crippen MR) is 58.1 cm³/mol. The molecule has 78 valence electrons. The molecule has 0 rings (SSSR count). The Balaban J connectivity index is 3.91. The molecule has 1 atom stereocenters. The van der Waals surface area contributed by atoms with E-state index in [1.165, 1.54) is 6.42 Å². The Kier molecular flexibility index (Phi) is 5.71. The molecule has 3 nitrogen and oxygen atoms in total. The van der Waals surface area contributed by atoms with Crippen LogP contribution >= 0.6 is 0 Å². The van der Waals surface area contributed by atoms with E-state index in [0.29, 0.717) is 5.92 Å². The van der Waals surface area contributed by atoms with Crippen LogP contribution in [0.15, 0.2) is 0 Å². The molecule has 3 N–H and O–H groups in total. The number of nitrogens with zero attached hydrogens (tertiary/aromatic N) is 1. The molecule has 0 heterocycles. The summed E-state index contributed by atoms with van der Waals surface area (Å²) >= 11 is 0. The number of nitrogens with two attached hydrogens (primary N) is 1. The smallest absolute Gasteiger partial charge is 0.108 e. The highest BCUT2D eigenvalue weighted by Gasteiger charge is 2.14. The molecule has 0 saturated heterocycles. The molecule has 1 unspecified atom stereocenters. The van der Waals surface area contributed by atoms with E-state index in [0.717, 1.165) is 13.0 Å². The second-order valence-electron chi connectivity index (χ2n) is 4.04. The zero-order valence-electron chi connectivity index (χ0n) is 9.30. The third-order valence-electron chi connectivity index (χ3n) is 2.34. The minimum Gasteiger partial charge on any atom is -0.386 e. The van der Waals surface area contributed by atoms with Crippen LogP contribution in [0.3, 0.4) is 0 Å². The molecule has 0 aliphatic rings. The standard InChI is InChI=1S/C10H23N3/c1-5-9(10(11)12)13(4)7-6-8(2)3/h8-9H,5-7H2,1-4H3,(H3,11,12). The SMILES string of the molecule is CCC(C(=N)N)N(C)CCC(C)C. The van der Waals surface area contributed by atoms with Gasteiger partial charge in [0.2, 0.25) is 0 Å². The predicted octanol–water partition coefficient (Wildman–Crippen LogP) is 1.68. The van der Waals surface area contributed by atoms with Crippen molar-refractivity contribution >= 4 is 5.84 Å². The van der Waals surface area contributed by atoms with Crippen molar-refractivity contribution < 1.29 is 0 Å². The largest absolute Gasteiger partial charge is 0.386 e. The van der Waals surface area contributed by atoms with Crippen LogP contribution in [-0.2, 0) is 0 Å². The third kappa shape index (κ3) is 4.88. The molecule has 0 radical (unpaired) electrons. The van der Waals surface area contributed by atoms with Crippen LogP contribution in [0.5, 0.6) is 0 Å². The van der Waals surface area contributed by atoms with Crippen LogP contribution < -0.4 is 5.73 Å². The fourth-order valence-electron chi connectivity index (χ4n) is 1.39. The Bertz CT molecular complexity index is 154. The summed E-state index contributed by atoms with van der Waals surface area (Å²) in [4.78, 5) is 2.17. The number of amidine groups is 1. The van der Waals surface area contributed by atoms with Crippen molar-refractivity contribution in [2.45, 2.75) is 39.7 Å². The lowest BCUT2D eigenvalue weighted by Crippen LogP contribution is -2.42. The van der Waals surface area contributed by atoms with Gasteiger partial charge in [-0.25, -0.2) is 0 Å². The van der Waals surface area contributed by atoms with Gasteiger partial charge in [0.05, 0.1) is 6.04 Å². The van der Waals surface area contributed by atoms with Crippen molar-refractivity contribution in [3.63, 3.8) is 0 Å². The molecular weight excluding hydrogens is 162 g/mol. The molecule has 0 aromatic rings. The van der Waals surface area contributed by atoms with E-state index in [-0.39, 0.29) is 11.9 Å². The summed E-state index contributed by atoms with van der Waals surface area (Å²) < 4.78 is 0. The van der Waals surface area contributed by atoms with E-state index in [1.807, 2.05) is 7.05 Å². The first-order chi connectivity index (χ1) is 5.99. The van der Waals surface area contributed by atoms with E-state index < -0.39 is 0 Å². The maximum Gasteiger partial charge on any atom is 0.108 e. The summed E-state index contributed by atoms with van der Waals surface area (Å²) in [6.07, 6.45) is 2.09. The van der Waals surface area contributed by atoms with Crippen LogP contribution in [0.25, 0.3) is 0 Å². The van der Waals surface area contributed by atoms with E-state index in [9.17, 15) is 0 Å². The molecule has 0 bridgehead atoms. The summed E-state index contributed by atoms with van der Waals surface area (Å²) in [6, 6.07) is 0.124. The molecular formula is C10H23N3. The molecule has 0 spiro atoms. The van der Waals surface area contributed by atoms with E-state index in [1.54, 1.807) is 0 Å². The van der Waals surface area contributed by atoms with Crippen molar-refractivity contribution in [2.75, 3.05) is 13.6 Å². The summed E-state index contributed by atoms with van der Waals surface area (Å²) in [5, 5.41) is 7.40. The van der Waals surface area contributed by atoms with Gasteiger partial charge in [0.15, 0.2) is 0 Å². The minimum absolute atomic E-state index is 0.124. The molecule has 3 heteroatoms. The Morgan fingerprint density at radius 1 is 1.46 bits per heavy atom. The molecule has 0 aliphatic carbocycles. The fraction of sp³-hybridized carbons (Fsp3) is 0.900. The molecule has 0 fully saturated rings. The topological polar surface area (TPSA) is 53.1 Å². The van der Waals surface area contributed by atoms with Crippen LogP contribution in [-0.4, -0.2) is 30.4 Å². The lowest BCUT2D eigenvalue weighted by atomic mass is 10.1. The highest BCUT2D eigenvalue weighted by molar-refractivity contribution is 5.82. The quantitative estimate of drug-likeness (QED) is 0.488. The first-order valence-electron chi connectivity index (χ1n) is 5.03. The van der Waals surface area contributed by atoms with Gasteiger partial charge in [-0.2, -0.15) is 0 Å². The number of hydrogen-bond donors (Lipinski definition) is 2. The van der Waals surface area contributed by atoms with Crippen LogP contribution in [0, 0.1) is 11.3 Å². The zero-order chi connectivity index (χ0) is 10.4. The molecule has 0 aromatic heterocycles. The van der Waals surface area contributed by atoms with Crippen LogP contribution in [0.2, 0.25) is 0 Å². The van der Waals surface area contributed by atoms with Gasteiger partial charge in [0, 0.05) is 0 Å². The Labute approximate surface area is 81.8 Å². The van der Waals surface area contributed by atoms with Crippen LogP contribution in [0.4, 0.5) is 0 Å². The summed E-state index contributed by atoms with van der Waals surface area (Å²) in [5.74, 6) is 1.00. The number of likely N-dealkylation sites (N-methyl/N-ethyl adjacent to an activating group) is 1. The van der Waals surface area contributed by atoms with Crippen molar-refractivity contribution in [1.29, 1.82) is 5.41 Å². The van der Waals surface area contributed by atoms with Gasteiger partial charge in [-0.05, 0) is 32.4 Å². The summed E-state index contributed by atoms with van der Waals surface area (Å²) in [6.45, 7) is 7.51. The van der Waals surface area contributed by atoms with Crippen molar-refractivity contribution in [3.05, 3.63) is 0 Å². The van der Waals surface area contributed by atoms with Gasteiger partial charge in [0.25, 0.3) is 0 Å². The summed E-state index contributed by atoms with van der Waals surface area (Å²) in [5.41, 5.74) is 5.50. The van der Waals surface area contributed by atoms with Gasteiger partial charge in [-0.3, -0.25) is 10.3 Å². The Morgan fingerprint density at radius 3 is 2.31 bits per heavy atom. The van der Waals surface area contributed by atoms with Gasteiger partial charge in [-0.15, -0.1) is 0 Å². The number of rotatable bonds is 6. The number of nitrogens with one attached hydrogen (secondary N) is 1. The van der Waals surface area contributed by atoms with Crippen molar-refractivity contribution in [2.24, 2.45) is 11.7 Å². The molecule has 0 aromatic carbocycles. The first kappa shape index (κ1) is 12.4. The third-order valence-corrected chi connectivity index (χ3v) is 2.34. The molecule has 0 saturated carbocycles. The summed E-state index contributed by atoms with van der Waals surface area (Å²) in [7, 11) is 2.04. The lowest BCUT2D eigenvalue weighted by molar-refractivity contribution is 0.271. The normalized spacial score (nSPS) is 13.7. The maximum absolute atomic E-state index is 7.40. The fourth-order valence-corrected chi connectivity index (χ4v) is 1.39. The van der Waals surface area contributed by atoms with Crippen molar-refractivity contribution in [1.82, 2.24) is 4.90 Å². The lowest BCUT2D eigenvalue weighted by Gasteiger charge is -2.26. The van der Waals surface area contributed by atoms with E-state index >= 15 is 0 Å². The molecule has 13 heavy (non-hydrogen) atoms. The van der Waals surface area contributed by atoms with Crippen LogP contribution in [0.1, 0.15) is 33.6 Å². The van der Waals surface area contributed by atoms with Gasteiger partial charge >= 0.3 is 0 Å². The maximum atomic E-state index is 7.40. The highest BCUT2D eigenvalue weighted by Crippen LogP contribution is 2.06. The number of hydrogen-bond acceptors (Lipinski definition) is 2. The monoisotopic (exact) mass is 185 g/mol. The minimum atomic E-state index is 0.124. The van der Waals surface area contributed by atoms with Crippen molar-refractivity contribution in [3.8, 4) is 0 Å². The zero-order valence-corrected chi connectivity index (χ0v) is 9.30. The molecule has 0 aliphatic heterocycles. The second kappa shape index (κ2) is 5.97. The molecule has 0 amide bonds. The first-order valence-corrected chi connectivity index (χ1v) is 5.03. The van der Waals surface area contributed by atoms with Gasteiger partial charge in [-0.1, -0.05) is 20.8 Å². The average molecular weight is 185 g/mol. The van der Waals surface area contributed by atoms with E-state index in [2.05, 4.69) is 25.7 Å². The second-order valence-corrected chi connectivity index (χ2v) is 4.04. The Hall–Kier alpha value is -0.570. The highest BCUT2D eigenvalue weighted by atomic mass is 15.1. The van der Waals surface area contributed by atoms with E-state index in [4.69, 9.17) is 11.1 Å². The van der Waals surface area contributed by atoms with Gasteiger partial charge in [0.1, 0.15) is 5.84 Å². The average Bonchev–Trinajstić information content (AvgIpc) is 2.01. The van der Waals surface area contributed by atoms with Gasteiger partial charge < -0.3 is 5.73 Å².